The molecular weight excluding hydrogens is 296 g/mol. The summed E-state index contributed by atoms with van der Waals surface area (Å²) in [6.45, 7) is 7.76. The van der Waals surface area contributed by atoms with E-state index in [2.05, 4.69) is 24.5 Å². The standard InChI is InChI=1S/C21H24N2O/c1-15(14-22)18-11-19(21(24)17-8-4-3-5-9-17)13-20(12-18)23-10-6-7-16(23)2/h3-5,8-9,11-13,15H,2,6-7,10,14,22H2,1H3/t15-/m0/s1. The van der Waals surface area contributed by atoms with E-state index >= 15 is 0 Å². The molecule has 2 aromatic carbocycles. The van der Waals surface area contributed by atoms with Crippen LogP contribution in [0.1, 0.15) is 47.2 Å². The van der Waals surface area contributed by atoms with Crippen molar-refractivity contribution in [2.24, 2.45) is 5.73 Å². The Kier molecular flexibility index (Phi) is 4.81. The first kappa shape index (κ1) is 16.5. The quantitative estimate of drug-likeness (QED) is 0.844. The molecule has 0 bridgehead atoms. The van der Waals surface area contributed by atoms with Crippen LogP contribution in [0, 0.1) is 0 Å². The zero-order valence-corrected chi connectivity index (χ0v) is 14.2. The molecule has 1 saturated heterocycles. The van der Waals surface area contributed by atoms with Crippen molar-refractivity contribution in [1.82, 2.24) is 0 Å². The van der Waals surface area contributed by atoms with Crippen LogP contribution in [0.25, 0.3) is 0 Å². The van der Waals surface area contributed by atoms with E-state index in [0.717, 1.165) is 36.3 Å². The summed E-state index contributed by atoms with van der Waals surface area (Å²) in [5.41, 5.74) is 10.6. The van der Waals surface area contributed by atoms with Gasteiger partial charge in [0.25, 0.3) is 0 Å². The van der Waals surface area contributed by atoms with Crippen molar-refractivity contribution in [2.75, 3.05) is 18.0 Å². The van der Waals surface area contributed by atoms with Crippen LogP contribution in [-0.2, 0) is 0 Å². The highest BCUT2D eigenvalue weighted by Gasteiger charge is 2.20. The molecule has 0 saturated carbocycles. The smallest absolute Gasteiger partial charge is 0.193 e. The number of anilines is 1. The largest absolute Gasteiger partial charge is 0.346 e. The molecule has 3 nitrogen and oxygen atoms in total. The molecule has 0 unspecified atom stereocenters. The molecule has 0 aromatic heterocycles. The first-order chi connectivity index (χ1) is 11.6. The molecule has 1 heterocycles. The summed E-state index contributed by atoms with van der Waals surface area (Å²) in [6, 6.07) is 15.5. The molecule has 1 fully saturated rings. The zero-order valence-electron chi connectivity index (χ0n) is 14.2. The van der Waals surface area contributed by atoms with Crippen LogP contribution >= 0.6 is 0 Å². The number of allylic oxidation sites excluding steroid dienone is 1. The third-order valence-corrected chi connectivity index (χ3v) is 4.70. The van der Waals surface area contributed by atoms with Gasteiger partial charge in [-0.15, -0.1) is 0 Å². The molecule has 1 atom stereocenters. The van der Waals surface area contributed by atoms with Crippen molar-refractivity contribution in [3.8, 4) is 0 Å². The third kappa shape index (κ3) is 3.26. The van der Waals surface area contributed by atoms with E-state index in [4.69, 9.17) is 5.73 Å². The molecule has 2 aromatic rings. The lowest BCUT2D eigenvalue weighted by Crippen LogP contribution is -2.18. The van der Waals surface area contributed by atoms with Crippen LogP contribution in [0.4, 0.5) is 5.69 Å². The number of hydrogen-bond donors (Lipinski definition) is 1. The molecule has 0 radical (unpaired) electrons. The second-order valence-electron chi connectivity index (χ2n) is 6.47. The minimum Gasteiger partial charge on any atom is -0.346 e. The SMILES string of the molecule is C=C1CCCN1c1cc(C(=O)c2ccccc2)cc([C@@H](C)CN)c1. The maximum Gasteiger partial charge on any atom is 0.193 e. The molecule has 0 spiro atoms. The van der Waals surface area contributed by atoms with E-state index in [1.54, 1.807) is 0 Å². The van der Waals surface area contributed by atoms with Crippen molar-refractivity contribution < 1.29 is 4.79 Å². The van der Waals surface area contributed by atoms with Gasteiger partial charge in [-0.1, -0.05) is 43.8 Å². The Morgan fingerprint density at radius 1 is 1.21 bits per heavy atom. The van der Waals surface area contributed by atoms with Crippen molar-refractivity contribution in [3.63, 3.8) is 0 Å². The lowest BCUT2D eigenvalue weighted by molar-refractivity contribution is 0.103. The van der Waals surface area contributed by atoms with Crippen LogP contribution in [0.5, 0.6) is 0 Å². The van der Waals surface area contributed by atoms with Gasteiger partial charge in [-0.25, -0.2) is 0 Å². The van der Waals surface area contributed by atoms with E-state index < -0.39 is 0 Å². The van der Waals surface area contributed by atoms with Crippen LogP contribution in [0.15, 0.2) is 60.8 Å². The molecule has 1 aliphatic rings. The second-order valence-corrected chi connectivity index (χ2v) is 6.47. The highest BCUT2D eigenvalue weighted by molar-refractivity contribution is 6.09. The molecule has 3 rings (SSSR count). The molecule has 2 N–H and O–H groups in total. The molecule has 24 heavy (non-hydrogen) atoms. The number of nitrogens with zero attached hydrogens (tertiary/aromatic N) is 1. The van der Waals surface area contributed by atoms with Gasteiger partial charge in [0.05, 0.1) is 0 Å². The Balaban J connectivity index is 2.05. The third-order valence-electron chi connectivity index (χ3n) is 4.70. The normalized spacial score (nSPS) is 15.6. The fourth-order valence-corrected chi connectivity index (χ4v) is 3.14. The maximum atomic E-state index is 12.9. The lowest BCUT2D eigenvalue weighted by Gasteiger charge is -2.22. The van der Waals surface area contributed by atoms with E-state index in [1.165, 1.54) is 0 Å². The Labute approximate surface area is 143 Å². The maximum absolute atomic E-state index is 12.9. The summed E-state index contributed by atoms with van der Waals surface area (Å²) in [4.78, 5) is 15.1. The van der Waals surface area contributed by atoms with Gasteiger partial charge in [0, 0.05) is 29.1 Å². The number of carbonyl (C=O) groups is 1. The Morgan fingerprint density at radius 3 is 2.58 bits per heavy atom. The minimum absolute atomic E-state index is 0.0488. The van der Waals surface area contributed by atoms with Gasteiger partial charge in [-0.3, -0.25) is 4.79 Å². The van der Waals surface area contributed by atoms with E-state index in [9.17, 15) is 4.79 Å². The summed E-state index contributed by atoms with van der Waals surface area (Å²) in [7, 11) is 0. The zero-order chi connectivity index (χ0) is 17.1. The van der Waals surface area contributed by atoms with Crippen molar-refractivity contribution in [1.29, 1.82) is 0 Å². The summed E-state index contributed by atoms with van der Waals surface area (Å²) >= 11 is 0. The molecule has 124 valence electrons. The van der Waals surface area contributed by atoms with Crippen LogP contribution < -0.4 is 10.6 Å². The van der Waals surface area contributed by atoms with Crippen LogP contribution in [0.2, 0.25) is 0 Å². The molecule has 0 amide bonds. The Hall–Kier alpha value is -2.39. The number of ketones is 1. The number of rotatable bonds is 5. The predicted octanol–water partition coefficient (Wildman–Crippen LogP) is 4.09. The van der Waals surface area contributed by atoms with Crippen LogP contribution in [-0.4, -0.2) is 18.9 Å². The fraction of sp³-hybridized carbons (Fsp3) is 0.286. The average Bonchev–Trinajstić information content (AvgIpc) is 3.06. The Morgan fingerprint density at radius 2 is 1.96 bits per heavy atom. The van der Waals surface area contributed by atoms with Gasteiger partial charge in [-0.2, -0.15) is 0 Å². The summed E-state index contributed by atoms with van der Waals surface area (Å²) < 4.78 is 0. The van der Waals surface area contributed by atoms with Crippen LogP contribution in [0.3, 0.4) is 0 Å². The average molecular weight is 320 g/mol. The van der Waals surface area contributed by atoms with E-state index in [-0.39, 0.29) is 11.7 Å². The van der Waals surface area contributed by atoms with Gasteiger partial charge in [0.15, 0.2) is 5.78 Å². The number of hydrogen-bond acceptors (Lipinski definition) is 3. The van der Waals surface area contributed by atoms with E-state index in [0.29, 0.717) is 17.7 Å². The second kappa shape index (κ2) is 7.02. The highest BCUT2D eigenvalue weighted by atomic mass is 16.1. The predicted molar refractivity (Wildman–Crippen MR) is 99.5 cm³/mol. The minimum atomic E-state index is 0.0488. The monoisotopic (exact) mass is 320 g/mol. The number of benzene rings is 2. The molecule has 3 heteroatoms. The van der Waals surface area contributed by atoms with Gasteiger partial charge in [0.1, 0.15) is 0 Å². The van der Waals surface area contributed by atoms with Gasteiger partial charge in [-0.05, 0) is 49.1 Å². The van der Waals surface area contributed by atoms with Gasteiger partial charge >= 0.3 is 0 Å². The first-order valence-corrected chi connectivity index (χ1v) is 8.50. The van der Waals surface area contributed by atoms with Gasteiger partial charge < -0.3 is 10.6 Å². The summed E-state index contributed by atoms with van der Waals surface area (Å²) in [5, 5.41) is 0. The lowest BCUT2D eigenvalue weighted by atomic mass is 9.94. The Bertz CT molecular complexity index is 752. The van der Waals surface area contributed by atoms with Gasteiger partial charge in [0.2, 0.25) is 0 Å². The van der Waals surface area contributed by atoms with Crippen molar-refractivity contribution in [3.05, 3.63) is 77.5 Å². The molecule has 1 aliphatic heterocycles. The molecular formula is C21H24N2O. The summed E-state index contributed by atoms with van der Waals surface area (Å²) in [6.07, 6.45) is 2.12. The van der Waals surface area contributed by atoms with Crippen molar-refractivity contribution >= 4 is 11.5 Å². The topological polar surface area (TPSA) is 46.3 Å². The fourth-order valence-electron chi connectivity index (χ4n) is 3.14. The van der Waals surface area contributed by atoms with E-state index in [1.807, 2.05) is 42.5 Å². The highest BCUT2D eigenvalue weighted by Crippen LogP contribution is 2.31. The molecule has 0 aliphatic carbocycles. The van der Waals surface area contributed by atoms with Crippen molar-refractivity contribution in [2.45, 2.75) is 25.7 Å². The first-order valence-electron chi connectivity index (χ1n) is 8.50. The summed E-state index contributed by atoms with van der Waals surface area (Å²) in [5.74, 6) is 0.260. The number of carbonyl (C=O) groups excluding carboxylic acids is 1. The number of nitrogens with two attached hydrogens (primary N) is 1.